The summed E-state index contributed by atoms with van der Waals surface area (Å²) in [6, 6.07) is 8.23. The minimum atomic E-state index is -1.17. The molecule has 1 aromatic rings. The van der Waals surface area contributed by atoms with Gasteiger partial charge in [-0.05, 0) is 30.7 Å². The van der Waals surface area contributed by atoms with Crippen LogP contribution in [0.3, 0.4) is 0 Å². The second-order valence-corrected chi connectivity index (χ2v) is 13.5. The molecule has 0 saturated carbocycles. The van der Waals surface area contributed by atoms with Crippen molar-refractivity contribution in [1.82, 2.24) is 14.7 Å². The van der Waals surface area contributed by atoms with Crippen LogP contribution >= 0.6 is 15.9 Å². The highest BCUT2D eigenvalue weighted by molar-refractivity contribution is 9.09. The molecule has 2 bridgehead atoms. The van der Waals surface area contributed by atoms with Crippen LogP contribution < -0.4 is 0 Å². The summed E-state index contributed by atoms with van der Waals surface area (Å²) in [7, 11) is 0. The zero-order valence-electron chi connectivity index (χ0n) is 25.2. The molecule has 3 aliphatic rings. The third-order valence-corrected chi connectivity index (χ3v) is 9.76. The highest BCUT2D eigenvalue weighted by Crippen LogP contribution is 2.61. The number of benzene rings is 1. The van der Waals surface area contributed by atoms with E-state index in [1.54, 1.807) is 26.9 Å². The average molecular weight is 645 g/mol. The summed E-state index contributed by atoms with van der Waals surface area (Å²) in [4.78, 5) is 48.3. The van der Waals surface area contributed by atoms with E-state index in [4.69, 9.17) is 4.74 Å². The van der Waals surface area contributed by atoms with Crippen molar-refractivity contribution in [2.24, 2.45) is 17.8 Å². The number of fused-ring (bicyclic) bond motifs is 1. The molecule has 3 unspecified atom stereocenters. The Bertz CT molecular complexity index is 1150. The molecular formula is C33H46BrN3O5. The summed E-state index contributed by atoms with van der Waals surface area (Å²) in [6.45, 7) is 15.2. The van der Waals surface area contributed by atoms with Gasteiger partial charge in [-0.2, -0.15) is 0 Å². The maximum absolute atomic E-state index is 14.6. The molecule has 3 saturated heterocycles. The van der Waals surface area contributed by atoms with E-state index < -0.39 is 35.6 Å². The number of carbonyl (C=O) groups is 3. The fraction of sp³-hybridized carbons (Fsp3) is 0.606. The lowest BCUT2D eigenvalue weighted by Crippen LogP contribution is -2.59. The van der Waals surface area contributed by atoms with Gasteiger partial charge in [0, 0.05) is 31.0 Å². The van der Waals surface area contributed by atoms with Gasteiger partial charge in [0.1, 0.15) is 11.6 Å². The second kappa shape index (κ2) is 13.9. The van der Waals surface area contributed by atoms with Gasteiger partial charge in [0.15, 0.2) is 0 Å². The Labute approximate surface area is 258 Å². The van der Waals surface area contributed by atoms with Crippen LogP contribution in [0.1, 0.15) is 52.0 Å². The largest absolute Gasteiger partial charge is 0.394 e. The molecule has 3 aliphatic heterocycles. The number of likely N-dealkylation sites (tertiary alicyclic amines) is 1. The SMILES string of the molecule is C=CCN(CCCC)C(=O)C1N([C@@H](CO)CC(C)C)C(=O)[C@@H]2[C@H](C(=O)N(CC=C)Cc3ccccc3)[C@H]3OC12CC3Br. The van der Waals surface area contributed by atoms with Gasteiger partial charge in [0.2, 0.25) is 17.7 Å². The Kier molecular flexibility index (Phi) is 10.7. The fourth-order valence-electron chi connectivity index (χ4n) is 7.21. The minimum Gasteiger partial charge on any atom is -0.394 e. The van der Waals surface area contributed by atoms with E-state index in [0.29, 0.717) is 39.0 Å². The molecule has 0 aromatic heterocycles. The number of ether oxygens (including phenoxy) is 1. The molecule has 0 aliphatic carbocycles. The van der Waals surface area contributed by atoms with Crippen molar-refractivity contribution >= 4 is 33.7 Å². The van der Waals surface area contributed by atoms with E-state index in [9.17, 15) is 19.5 Å². The zero-order valence-corrected chi connectivity index (χ0v) is 26.7. The number of hydrogen-bond acceptors (Lipinski definition) is 5. The molecule has 3 fully saturated rings. The Morgan fingerprint density at radius 1 is 1.17 bits per heavy atom. The summed E-state index contributed by atoms with van der Waals surface area (Å²) < 4.78 is 6.74. The van der Waals surface area contributed by atoms with Gasteiger partial charge in [-0.3, -0.25) is 14.4 Å². The van der Waals surface area contributed by atoms with Gasteiger partial charge in [-0.15, -0.1) is 13.2 Å². The summed E-state index contributed by atoms with van der Waals surface area (Å²) in [5.74, 6) is -2.07. The molecule has 1 aromatic carbocycles. The van der Waals surface area contributed by atoms with Crippen LogP contribution in [-0.4, -0.2) is 92.4 Å². The first-order chi connectivity index (χ1) is 20.1. The monoisotopic (exact) mass is 643 g/mol. The Hall–Kier alpha value is -2.49. The number of nitrogens with zero attached hydrogens (tertiary/aromatic N) is 3. The summed E-state index contributed by atoms with van der Waals surface area (Å²) in [6.07, 6.45) is 5.53. The third-order valence-electron chi connectivity index (χ3n) is 8.91. The Balaban J connectivity index is 1.78. The maximum atomic E-state index is 14.6. The summed E-state index contributed by atoms with van der Waals surface area (Å²) in [5.41, 5.74) is -0.196. The molecule has 0 radical (unpaired) electrons. The van der Waals surface area contributed by atoms with Crippen molar-refractivity contribution in [1.29, 1.82) is 0 Å². The predicted molar refractivity (Wildman–Crippen MR) is 167 cm³/mol. The number of alkyl halides is 1. The van der Waals surface area contributed by atoms with Gasteiger partial charge >= 0.3 is 0 Å². The maximum Gasteiger partial charge on any atom is 0.248 e. The number of hydrogen-bond donors (Lipinski definition) is 1. The van der Waals surface area contributed by atoms with Crippen LogP contribution in [0.5, 0.6) is 0 Å². The van der Waals surface area contributed by atoms with Gasteiger partial charge in [-0.25, -0.2) is 0 Å². The topological polar surface area (TPSA) is 90.4 Å². The van der Waals surface area contributed by atoms with Crippen LogP contribution in [0.2, 0.25) is 0 Å². The molecule has 3 amide bonds. The van der Waals surface area contributed by atoms with Crippen molar-refractivity contribution in [2.45, 2.75) is 81.6 Å². The minimum absolute atomic E-state index is 0.181. The first-order valence-corrected chi connectivity index (χ1v) is 16.1. The normalized spacial score (nSPS) is 28.6. The van der Waals surface area contributed by atoms with E-state index in [0.717, 1.165) is 18.4 Å². The van der Waals surface area contributed by atoms with Crippen LogP contribution in [0.25, 0.3) is 0 Å². The summed E-state index contributed by atoms with van der Waals surface area (Å²) in [5, 5.41) is 10.5. The van der Waals surface area contributed by atoms with Crippen molar-refractivity contribution in [3.05, 3.63) is 61.2 Å². The number of aliphatic hydroxyl groups excluding tert-OH is 1. The number of rotatable bonds is 15. The number of aliphatic hydroxyl groups is 1. The number of amides is 3. The molecule has 42 heavy (non-hydrogen) atoms. The second-order valence-electron chi connectivity index (χ2n) is 12.3. The number of halogens is 1. The van der Waals surface area contributed by atoms with Gasteiger partial charge < -0.3 is 24.5 Å². The third kappa shape index (κ3) is 5.97. The molecule has 1 N–H and O–H groups in total. The molecule has 9 heteroatoms. The Morgan fingerprint density at radius 2 is 1.83 bits per heavy atom. The standard InChI is InChI=1S/C33H46BrN3O5/c1-6-9-17-35(15-7-2)32(41)29-33-19-25(34)28(42-33)26(27(33)31(40)37(29)24(21-38)18-22(4)5)30(39)36(16-8-3)20-23-13-11-10-12-14-23/h7-8,10-14,22,24-29,38H,2-3,6,9,15-21H2,1,4-5H3/t24-,25?,26+,27+,28+,29?,33?/m1/s1. The van der Waals surface area contributed by atoms with E-state index in [-0.39, 0.29) is 35.1 Å². The van der Waals surface area contributed by atoms with Crippen molar-refractivity contribution in [2.75, 3.05) is 26.2 Å². The number of carbonyl (C=O) groups excluding carboxylic acids is 3. The van der Waals surface area contributed by atoms with E-state index in [1.165, 1.54) is 0 Å². The van der Waals surface area contributed by atoms with Crippen LogP contribution in [-0.2, 0) is 25.7 Å². The fourth-order valence-corrected chi connectivity index (χ4v) is 8.16. The lowest BCUT2D eigenvalue weighted by molar-refractivity contribution is -0.152. The highest BCUT2D eigenvalue weighted by atomic mass is 79.9. The van der Waals surface area contributed by atoms with Gasteiger partial charge in [0.05, 0.1) is 30.6 Å². The molecule has 4 rings (SSSR count). The molecule has 8 nitrogen and oxygen atoms in total. The average Bonchev–Trinajstić information content (AvgIpc) is 3.56. The van der Waals surface area contributed by atoms with Crippen LogP contribution in [0.15, 0.2) is 55.6 Å². The molecule has 1 spiro atoms. The summed E-state index contributed by atoms with van der Waals surface area (Å²) >= 11 is 3.77. The first-order valence-electron chi connectivity index (χ1n) is 15.2. The van der Waals surface area contributed by atoms with Crippen LogP contribution in [0, 0.1) is 17.8 Å². The highest BCUT2D eigenvalue weighted by Gasteiger charge is 2.77. The lowest BCUT2D eigenvalue weighted by Gasteiger charge is -2.40. The van der Waals surface area contributed by atoms with Gasteiger partial charge in [0.25, 0.3) is 0 Å². The smallest absolute Gasteiger partial charge is 0.248 e. The molecular weight excluding hydrogens is 598 g/mol. The van der Waals surface area contributed by atoms with E-state index >= 15 is 0 Å². The van der Waals surface area contributed by atoms with E-state index in [1.807, 2.05) is 44.2 Å². The van der Waals surface area contributed by atoms with E-state index in [2.05, 4.69) is 36.0 Å². The van der Waals surface area contributed by atoms with Crippen molar-refractivity contribution in [3.63, 3.8) is 0 Å². The molecule has 3 heterocycles. The molecule has 230 valence electrons. The lowest BCUT2D eigenvalue weighted by atomic mass is 9.70. The number of unbranched alkanes of at least 4 members (excludes halogenated alkanes) is 1. The Morgan fingerprint density at radius 3 is 2.43 bits per heavy atom. The first kappa shape index (κ1) is 32.4. The van der Waals surface area contributed by atoms with Crippen molar-refractivity contribution in [3.8, 4) is 0 Å². The zero-order chi connectivity index (χ0) is 30.6. The van der Waals surface area contributed by atoms with Gasteiger partial charge in [-0.1, -0.05) is 85.6 Å². The van der Waals surface area contributed by atoms with Crippen LogP contribution in [0.4, 0.5) is 0 Å². The predicted octanol–water partition coefficient (Wildman–Crippen LogP) is 4.17. The molecule has 7 atom stereocenters. The quantitative estimate of drug-likeness (QED) is 0.229. The van der Waals surface area contributed by atoms with Crippen molar-refractivity contribution < 1.29 is 24.2 Å².